The maximum Gasteiger partial charge on any atom is 0.0950 e. The first-order valence-electron chi connectivity index (χ1n) is 6.30. The van der Waals surface area contributed by atoms with Gasteiger partial charge >= 0.3 is 0 Å². The first kappa shape index (κ1) is 12.6. The fourth-order valence-electron chi connectivity index (χ4n) is 2.70. The van der Waals surface area contributed by atoms with Gasteiger partial charge in [0.1, 0.15) is 0 Å². The van der Waals surface area contributed by atoms with Gasteiger partial charge in [0.25, 0.3) is 0 Å². The van der Waals surface area contributed by atoms with Crippen molar-refractivity contribution >= 4 is 0 Å². The molecule has 0 saturated carbocycles. The Bertz CT molecular complexity index is 325. The van der Waals surface area contributed by atoms with Gasteiger partial charge in [0, 0.05) is 18.2 Å². The summed E-state index contributed by atoms with van der Waals surface area (Å²) >= 11 is 0. The lowest BCUT2D eigenvalue weighted by atomic mass is 10.0. The smallest absolute Gasteiger partial charge is 0.0950 e. The first-order valence-corrected chi connectivity index (χ1v) is 6.30. The van der Waals surface area contributed by atoms with E-state index in [1.165, 1.54) is 18.5 Å². The van der Waals surface area contributed by atoms with Gasteiger partial charge in [-0.2, -0.15) is 0 Å². The Kier molecular flexibility index (Phi) is 4.20. The van der Waals surface area contributed by atoms with Gasteiger partial charge in [-0.1, -0.05) is 0 Å². The standard InChI is InChI=1S/C13H23N3O/c1-14-13(11-5-8-17-10-11)12-9-15(2)6-4-7-16(12)3/h5,8,10,12-14H,4,6-7,9H2,1-3H3. The summed E-state index contributed by atoms with van der Waals surface area (Å²) < 4.78 is 5.21. The van der Waals surface area contributed by atoms with E-state index in [1.807, 2.05) is 13.3 Å². The molecule has 96 valence electrons. The largest absolute Gasteiger partial charge is 0.472 e. The predicted octanol–water partition coefficient (Wildman–Crippen LogP) is 1.18. The summed E-state index contributed by atoms with van der Waals surface area (Å²) in [5, 5.41) is 3.42. The number of rotatable bonds is 3. The predicted molar refractivity (Wildman–Crippen MR) is 69.0 cm³/mol. The summed E-state index contributed by atoms with van der Waals surface area (Å²) in [6, 6.07) is 2.88. The Hall–Kier alpha value is -0.840. The van der Waals surface area contributed by atoms with E-state index in [4.69, 9.17) is 4.42 Å². The minimum absolute atomic E-state index is 0.333. The number of nitrogens with one attached hydrogen (secondary N) is 1. The van der Waals surface area contributed by atoms with Crippen molar-refractivity contribution in [2.75, 3.05) is 40.8 Å². The van der Waals surface area contributed by atoms with Gasteiger partial charge in [0.05, 0.1) is 18.6 Å². The third-order valence-electron chi connectivity index (χ3n) is 3.71. The highest BCUT2D eigenvalue weighted by Gasteiger charge is 2.29. The molecule has 1 aromatic heterocycles. The van der Waals surface area contributed by atoms with Crippen LogP contribution in [-0.2, 0) is 0 Å². The van der Waals surface area contributed by atoms with E-state index in [2.05, 4.69) is 35.3 Å². The van der Waals surface area contributed by atoms with Crippen LogP contribution in [-0.4, -0.2) is 56.6 Å². The highest BCUT2D eigenvalue weighted by atomic mass is 16.3. The molecule has 4 heteroatoms. The van der Waals surface area contributed by atoms with Crippen LogP contribution < -0.4 is 5.32 Å². The van der Waals surface area contributed by atoms with E-state index in [-0.39, 0.29) is 0 Å². The molecule has 1 fully saturated rings. The molecule has 2 rings (SSSR count). The second-order valence-electron chi connectivity index (χ2n) is 4.99. The van der Waals surface area contributed by atoms with Crippen LogP contribution in [0, 0.1) is 0 Å². The van der Waals surface area contributed by atoms with Crippen molar-refractivity contribution in [1.82, 2.24) is 15.1 Å². The lowest BCUT2D eigenvalue weighted by Crippen LogP contribution is -2.46. The molecule has 2 unspecified atom stereocenters. The normalized spacial score (nSPS) is 25.7. The monoisotopic (exact) mass is 237 g/mol. The second-order valence-corrected chi connectivity index (χ2v) is 4.99. The van der Waals surface area contributed by atoms with Gasteiger partial charge in [-0.25, -0.2) is 0 Å². The molecular formula is C13H23N3O. The van der Waals surface area contributed by atoms with Gasteiger partial charge in [0.2, 0.25) is 0 Å². The fraction of sp³-hybridized carbons (Fsp3) is 0.692. The summed E-state index contributed by atoms with van der Waals surface area (Å²) in [7, 11) is 6.44. The Morgan fingerprint density at radius 3 is 2.88 bits per heavy atom. The van der Waals surface area contributed by atoms with E-state index < -0.39 is 0 Å². The molecule has 0 spiro atoms. The van der Waals surface area contributed by atoms with Crippen molar-refractivity contribution < 1.29 is 4.42 Å². The molecule has 0 aliphatic carbocycles. The zero-order valence-electron chi connectivity index (χ0n) is 11.0. The molecule has 0 bridgehead atoms. The quantitative estimate of drug-likeness (QED) is 0.855. The number of nitrogens with zero attached hydrogens (tertiary/aromatic N) is 2. The molecule has 17 heavy (non-hydrogen) atoms. The highest BCUT2D eigenvalue weighted by molar-refractivity contribution is 5.14. The summed E-state index contributed by atoms with van der Waals surface area (Å²) in [4.78, 5) is 4.87. The molecule has 0 aromatic carbocycles. The topological polar surface area (TPSA) is 31.7 Å². The van der Waals surface area contributed by atoms with E-state index in [0.717, 1.165) is 13.1 Å². The first-order chi connectivity index (χ1) is 8.22. The third kappa shape index (κ3) is 2.89. The average Bonchev–Trinajstić information content (AvgIpc) is 2.76. The van der Waals surface area contributed by atoms with Crippen LogP contribution in [0.25, 0.3) is 0 Å². The van der Waals surface area contributed by atoms with Crippen molar-refractivity contribution in [3.8, 4) is 0 Å². The minimum Gasteiger partial charge on any atom is -0.472 e. The Morgan fingerprint density at radius 2 is 2.24 bits per heavy atom. The van der Waals surface area contributed by atoms with Gasteiger partial charge in [0.15, 0.2) is 0 Å². The van der Waals surface area contributed by atoms with Crippen molar-refractivity contribution in [1.29, 1.82) is 0 Å². The third-order valence-corrected chi connectivity index (χ3v) is 3.71. The SMILES string of the molecule is CNC(c1ccoc1)C1CN(C)CCCN1C. The van der Waals surface area contributed by atoms with Crippen LogP contribution in [0.5, 0.6) is 0 Å². The lowest BCUT2D eigenvalue weighted by molar-refractivity contribution is 0.182. The Morgan fingerprint density at radius 1 is 1.41 bits per heavy atom. The maximum atomic E-state index is 5.21. The number of hydrogen-bond donors (Lipinski definition) is 1. The number of hydrogen-bond acceptors (Lipinski definition) is 4. The van der Waals surface area contributed by atoms with Crippen molar-refractivity contribution in [2.45, 2.75) is 18.5 Å². The molecule has 1 aliphatic rings. The summed E-state index contributed by atoms with van der Waals surface area (Å²) in [5.41, 5.74) is 1.24. The number of furan rings is 1. The zero-order valence-corrected chi connectivity index (χ0v) is 11.0. The molecule has 1 saturated heterocycles. The Labute approximate surface area is 104 Å². The summed E-state index contributed by atoms with van der Waals surface area (Å²) in [5.74, 6) is 0. The number of likely N-dealkylation sites (N-methyl/N-ethyl adjacent to an activating group) is 3. The highest BCUT2D eigenvalue weighted by Crippen LogP contribution is 2.23. The molecule has 1 N–H and O–H groups in total. The molecule has 4 nitrogen and oxygen atoms in total. The molecule has 1 aromatic rings. The second kappa shape index (κ2) is 5.67. The van der Waals surface area contributed by atoms with E-state index >= 15 is 0 Å². The van der Waals surface area contributed by atoms with E-state index in [1.54, 1.807) is 6.26 Å². The van der Waals surface area contributed by atoms with E-state index in [9.17, 15) is 0 Å². The van der Waals surface area contributed by atoms with Crippen LogP contribution >= 0.6 is 0 Å². The fourth-order valence-corrected chi connectivity index (χ4v) is 2.70. The molecule has 0 amide bonds. The lowest BCUT2D eigenvalue weighted by Gasteiger charge is -2.33. The maximum absolute atomic E-state index is 5.21. The van der Waals surface area contributed by atoms with Crippen molar-refractivity contribution in [2.24, 2.45) is 0 Å². The van der Waals surface area contributed by atoms with Crippen LogP contribution in [0.2, 0.25) is 0 Å². The molecule has 2 atom stereocenters. The van der Waals surface area contributed by atoms with Crippen molar-refractivity contribution in [3.05, 3.63) is 24.2 Å². The van der Waals surface area contributed by atoms with Crippen LogP contribution in [0.15, 0.2) is 23.0 Å². The minimum atomic E-state index is 0.333. The Balaban J connectivity index is 2.16. The van der Waals surface area contributed by atoms with Crippen LogP contribution in [0.1, 0.15) is 18.0 Å². The van der Waals surface area contributed by atoms with Gasteiger partial charge in [-0.3, -0.25) is 0 Å². The molecular weight excluding hydrogens is 214 g/mol. The van der Waals surface area contributed by atoms with E-state index in [0.29, 0.717) is 12.1 Å². The zero-order chi connectivity index (χ0) is 12.3. The van der Waals surface area contributed by atoms with Crippen LogP contribution in [0.4, 0.5) is 0 Å². The van der Waals surface area contributed by atoms with Gasteiger partial charge < -0.3 is 19.5 Å². The molecule has 0 radical (unpaired) electrons. The average molecular weight is 237 g/mol. The molecule has 1 aliphatic heterocycles. The van der Waals surface area contributed by atoms with Gasteiger partial charge in [-0.05, 0) is 46.7 Å². The molecule has 2 heterocycles. The van der Waals surface area contributed by atoms with Gasteiger partial charge in [-0.15, -0.1) is 0 Å². The van der Waals surface area contributed by atoms with Crippen molar-refractivity contribution in [3.63, 3.8) is 0 Å². The van der Waals surface area contributed by atoms with Crippen LogP contribution in [0.3, 0.4) is 0 Å². The summed E-state index contributed by atoms with van der Waals surface area (Å²) in [6.07, 6.45) is 4.84. The summed E-state index contributed by atoms with van der Waals surface area (Å²) in [6.45, 7) is 3.43.